The van der Waals surface area contributed by atoms with E-state index >= 15 is 0 Å². The molecular weight excluding hydrogens is 412 g/mol. The fourth-order valence-corrected chi connectivity index (χ4v) is 6.43. The maximum Gasteiger partial charge on any atom is 0.306 e. The van der Waals surface area contributed by atoms with Crippen molar-refractivity contribution in [2.45, 2.75) is 61.1 Å². The number of hydrogen-bond donors (Lipinski definition) is 2. The van der Waals surface area contributed by atoms with Crippen LogP contribution in [0.25, 0.3) is 0 Å². The van der Waals surface area contributed by atoms with Crippen LogP contribution in [0, 0.1) is 5.41 Å². The number of nitrogens with zero attached hydrogens (tertiary/aromatic N) is 3. The molecule has 1 spiro atoms. The summed E-state index contributed by atoms with van der Waals surface area (Å²) in [6.07, 6.45) is 7.55. The number of benzene rings is 1. The van der Waals surface area contributed by atoms with Crippen molar-refractivity contribution in [3.8, 4) is 0 Å². The van der Waals surface area contributed by atoms with Crippen LogP contribution in [-0.2, 0) is 16.1 Å². The lowest BCUT2D eigenvalue weighted by Crippen LogP contribution is -2.58. The Hall–Kier alpha value is -2.16. The van der Waals surface area contributed by atoms with Crippen molar-refractivity contribution in [2.75, 3.05) is 25.0 Å². The van der Waals surface area contributed by atoms with Gasteiger partial charge in [0, 0.05) is 30.4 Å². The molecule has 0 radical (unpaired) electrons. The zero-order chi connectivity index (χ0) is 21.5. The van der Waals surface area contributed by atoms with E-state index in [1.54, 1.807) is 24.2 Å². The highest BCUT2D eigenvalue weighted by Gasteiger charge is 2.56. The summed E-state index contributed by atoms with van der Waals surface area (Å²) in [7, 11) is 0. The number of nitrogens with one attached hydrogen (secondary N) is 1. The topological polar surface area (TPSA) is 87.6 Å². The van der Waals surface area contributed by atoms with Gasteiger partial charge in [-0.3, -0.25) is 9.69 Å². The number of aromatic nitrogens is 2. The molecule has 164 valence electrons. The van der Waals surface area contributed by atoms with Gasteiger partial charge in [0.25, 0.3) is 0 Å². The number of piperidine rings is 1. The Labute approximate surface area is 186 Å². The summed E-state index contributed by atoms with van der Waals surface area (Å²) in [4.78, 5) is 23.7. The van der Waals surface area contributed by atoms with E-state index in [1.807, 2.05) is 6.92 Å². The van der Waals surface area contributed by atoms with E-state index < -0.39 is 11.6 Å². The molecule has 5 rings (SSSR count). The zero-order valence-electron chi connectivity index (χ0n) is 17.8. The Bertz CT molecular complexity index is 983. The monoisotopic (exact) mass is 440 g/mol. The fraction of sp³-hybridized carbons (Fsp3) is 0.522. The van der Waals surface area contributed by atoms with Crippen molar-refractivity contribution >= 4 is 29.2 Å². The van der Waals surface area contributed by atoms with Crippen LogP contribution in [0.1, 0.15) is 44.6 Å². The molecule has 2 aromatic rings. The maximum atomic E-state index is 11.3. The first-order valence-corrected chi connectivity index (χ1v) is 11.8. The van der Waals surface area contributed by atoms with Crippen LogP contribution >= 0.6 is 11.8 Å². The van der Waals surface area contributed by atoms with E-state index in [2.05, 4.69) is 38.4 Å². The van der Waals surface area contributed by atoms with Crippen LogP contribution in [0.4, 0.5) is 11.5 Å². The van der Waals surface area contributed by atoms with Crippen LogP contribution < -0.4 is 5.32 Å². The molecule has 2 aliphatic heterocycles. The third-order valence-electron chi connectivity index (χ3n) is 6.81. The Morgan fingerprint density at radius 3 is 2.77 bits per heavy atom. The highest BCUT2D eigenvalue weighted by Crippen LogP contribution is 2.57. The average Bonchev–Trinajstić information content (AvgIpc) is 2.72. The molecule has 0 amide bonds. The molecule has 0 bridgehead atoms. The van der Waals surface area contributed by atoms with Gasteiger partial charge in [-0.2, -0.15) is 0 Å². The molecule has 1 aromatic carbocycles. The molecule has 0 unspecified atom stereocenters. The van der Waals surface area contributed by atoms with Crippen molar-refractivity contribution in [3.63, 3.8) is 0 Å². The summed E-state index contributed by atoms with van der Waals surface area (Å²) in [6.45, 7) is 5.55. The van der Waals surface area contributed by atoms with E-state index in [4.69, 9.17) is 4.74 Å². The van der Waals surface area contributed by atoms with E-state index in [1.165, 1.54) is 10.5 Å². The number of carboxylic acid groups (broad SMARTS) is 1. The molecule has 1 saturated heterocycles. The number of carbonyl (C=O) groups is 1. The first-order chi connectivity index (χ1) is 15.0. The maximum absolute atomic E-state index is 11.3. The van der Waals surface area contributed by atoms with Crippen molar-refractivity contribution in [1.82, 2.24) is 14.9 Å². The highest BCUT2D eigenvalue weighted by atomic mass is 32.2. The number of anilines is 2. The molecule has 2 fully saturated rings. The number of likely N-dealkylation sites (tertiary alicyclic amines) is 1. The Balaban J connectivity index is 1.18. The normalized spacial score (nSPS) is 20.9. The van der Waals surface area contributed by atoms with E-state index in [0.29, 0.717) is 6.61 Å². The van der Waals surface area contributed by atoms with Crippen molar-refractivity contribution < 1.29 is 14.6 Å². The van der Waals surface area contributed by atoms with E-state index in [9.17, 15) is 9.90 Å². The second-order valence-electron chi connectivity index (χ2n) is 9.08. The number of fused-ring (bicyclic) bond motifs is 2. The minimum absolute atomic E-state index is 0.125. The standard InChI is InChI=1S/C23H28N4O3S/c1-2-30-23(12-19(28)29)14-22(15-23)5-9-27(10-6-22)13-16-3-4-18-17(11-16)26-20-21(31-18)25-8-7-24-20/h3-4,7-8,11H,2,5-6,9-10,12-15H2,1H3,(H,24,26)(H,28,29). The molecule has 3 aliphatic rings. The molecule has 2 N–H and O–H groups in total. The molecule has 31 heavy (non-hydrogen) atoms. The van der Waals surface area contributed by atoms with Gasteiger partial charge in [0.2, 0.25) is 0 Å². The molecule has 3 heterocycles. The minimum atomic E-state index is -0.756. The summed E-state index contributed by atoms with van der Waals surface area (Å²) in [5, 5.41) is 13.6. The second-order valence-corrected chi connectivity index (χ2v) is 10.1. The fourth-order valence-electron chi connectivity index (χ4n) is 5.55. The second kappa shape index (κ2) is 8.07. The van der Waals surface area contributed by atoms with Gasteiger partial charge in [-0.1, -0.05) is 17.8 Å². The molecule has 8 heteroatoms. The van der Waals surface area contributed by atoms with Gasteiger partial charge in [0.1, 0.15) is 5.03 Å². The largest absolute Gasteiger partial charge is 0.481 e. The summed E-state index contributed by atoms with van der Waals surface area (Å²) in [5.41, 5.74) is 2.21. The summed E-state index contributed by atoms with van der Waals surface area (Å²) >= 11 is 1.65. The highest BCUT2D eigenvalue weighted by molar-refractivity contribution is 7.99. The van der Waals surface area contributed by atoms with Crippen molar-refractivity contribution in [3.05, 3.63) is 36.2 Å². The quantitative estimate of drug-likeness (QED) is 0.586. The molecule has 1 saturated carbocycles. The lowest BCUT2D eigenvalue weighted by Gasteiger charge is -2.58. The summed E-state index contributed by atoms with van der Waals surface area (Å²) in [5.74, 6) is 0.0645. The third kappa shape index (κ3) is 4.16. The van der Waals surface area contributed by atoms with Crippen LogP contribution in [0.15, 0.2) is 40.5 Å². The third-order valence-corrected chi connectivity index (χ3v) is 7.88. The number of carboxylic acids is 1. The first-order valence-electron chi connectivity index (χ1n) is 11.0. The van der Waals surface area contributed by atoms with Crippen LogP contribution in [0.2, 0.25) is 0 Å². The van der Waals surface area contributed by atoms with E-state index in [-0.39, 0.29) is 11.8 Å². The Morgan fingerprint density at radius 2 is 2.03 bits per heavy atom. The van der Waals surface area contributed by atoms with Crippen molar-refractivity contribution in [1.29, 1.82) is 0 Å². The van der Waals surface area contributed by atoms with Gasteiger partial charge in [-0.25, -0.2) is 9.97 Å². The Kier molecular flexibility index (Phi) is 5.40. The first kappa shape index (κ1) is 20.7. The van der Waals surface area contributed by atoms with Gasteiger partial charge in [0.15, 0.2) is 5.82 Å². The number of ether oxygens (including phenoxy) is 1. The van der Waals surface area contributed by atoms with Crippen molar-refractivity contribution in [2.24, 2.45) is 5.41 Å². The smallest absolute Gasteiger partial charge is 0.306 e. The predicted octanol–water partition coefficient (Wildman–Crippen LogP) is 4.31. The number of rotatable bonds is 6. The molecule has 0 atom stereocenters. The minimum Gasteiger partial charge on any atom is -0.481 e. The molecule has 1 aromatic heterocycles. The SMILES string of the molecule is CCOC1(CC(=O)O)CC2(CCN(Cc3ccc4c(c3)Nc3nccnc3S4)CC2)C1. The van der Waals surface area contributed by atoms with Gasteiger partial charge in [0.05, 0.1) is 17.7 Å². The zero-order valence-corrected chi connectivity index (χ0v) is 18.6. The average molecular weight is 441 g/mol. The Morgan fingerprint density at radius 1 is 1.26 bits per heavy atom. The number of aliphatic carboxylic acids is 1. The molecular formula is C23H28N4O3S. The molecule has 7 nitrogen and oxygen atoms in total. The summed E-state index contributed by atoms with van der Waals surface area (Å²) < 4.78 is 5.89. The van der Waals surface area contributed by atoms with Gasteiger partial charge in [-0.05, 0) is 68.8 Å². The lowest BCUT2D eigenvalue weighted by molar-refractivity contribution is -0.193. The van der Waals surface area contributed by atoms with Gasteiger partial charge < -0.3 is 15.2 Å². The predicted molar refractivity (Wildman–Crippen MR) is 119 cm³/mol. The van der Waals surface area contributed by atoms with E-state index in [0.717, 1.165) is 61.8 Å². The van der Waals surface area contributed by atoms with Crippen LogP contribution in [0.5, 0.6) is 0 Å². The van der Waals surface area contributed by atoms with Crippen LogP contribution in [-0.4, -0.2) is 51.2 Å². The van der Waals surface area contributed by atoms with Gasteiger partial charge >= 0.3 is 5.97 Å². The number of hydrogen-bond acceptors (Lipinski definition) is 7. The molecule has 1 aliphatic carbocycles. The van der Waals surface area contributed by atoms with Crippen LogP contribution in [0.3, 0.4) is 0 Å². The van der Waals surface area contributed by atoms with Gasteiger partial charge in [-0.15, -0.1) is 0 Å². The lowest BCUT2D eigenvalue weighted by atomic mass is 9.54. The summed E-state index contributed by atoms with van der Waals surface area (Å²) in [6, 6.07) is 6.59.